The molecule has 94 valence electrons. The molecule has 0 aromatic carbocycles. The predicted molar refractivity (Wildman–Crippen MR) is 64.1 cm³/mol. The highest BCUT2D eigenvalue weighted by Gasteiger charge is 2.58. The first-order valence-corrected chi connectivity index (χ1v) is 6.41. The van der Waals surface area contributed by atoms with E-state index in [1.54, 1.807) is 0 Å². The van der Waals surface area contributed by atoms with E-state index in [0.717, 1.165) is 32.1 Å². The van der Waals surface area contributed by atoms with E-state index in [1.165, 1.54) is 0 Å². The number of aliphatic hydroxyl groups excluding tert-OH is 1. The molecule has 16 heavy (non-hydrogen) atoms. The van der Waals surface area contributed by atoms with Crippen LogP contribution in [0.15, 0.2) is 0 Å². The molecule has 0 aromatic heterocycles. The Hall–Kier alpha value is -0.120. The number of nitrogens with two attached hydrogens (primary N) is 1. The molecule has 1 saturated carbocycles. The first-order valence-electron chi connectivity index (χ1n) is 6.41. The molecule has 3 nitrogen and oxygen atoms in total. The Kier molecular flexibility index (Phi) is 2.84. The third-order valence-corrected chi connectivity index (χ3v) is 4.51. The average molecular weight is 227 g/mol. The molecule has 2 saturated heterocycles. The minimum atomic E-state index is -0.141. The van der Waals surface area contributed by atoms with Crippen molar-refractivity contribution in [1.29, 1.82) is 0 Å². The van der Waals surface area contributed by atoms with E-state index in [9.17, 15) is 0 Å². The number of hydrogen-bond donors (Lipinski definition) is 2. The third kappa shape index (κ3) is 1.89. The molecule has 0 radical (unpaired) electrons. The van der Waals surface area contributed by atoms with Crippen molar-refractivity contribution in [2.24, 2.45) is 11.7 Å². The lowest BCUT2D eigenvalue weighted by Gasteiger charge is -2.62. The maximum atomic E-state index is 8.99. The van der Waals surface area contributed by atoms with E-state index in [-0.39, 0.29) is 23.3 Å². The van der Waals surface area contributed by atoms with Gasteiger partial charge >= 0.3 is 0 Å². The molecule has 3 heteroatoms. The second-order valence-corrected chi connectivity index (χ2v) is 6.48. The van der Waals surface area contributed by atoms with Crippen LogP contribution in [0.2, 0.25) is 0 Å². The summed E-state index contributed by atoms with van der Waals surface area (Å²) in [6.07, 6.45) is 4.94. The molecule has 3 rings (SSSR count). The van der Waals surface area contributed by atoms with Crippen LogP contribution in [0.5, 0.6) is 0 Å². The van der Waals surface area contributed by atoms with Gasteiger partial charge in [-0.3, -0.25) is 0 Å². The fraction of sp³-hybridized carbons (Fsp3) is 1.00. The Labute approximate surface area is 98.4 Å². The van der Waals surface area contributed by atoms with Crippen molar-refractivity contribution < 1.29 is 9.84 Å². The van der Waals surface area contributed by atoms with Crippen LogP contribution in [-0.2, 0) is 4.74 Å². The molecule has 0 spiro atoms. The summed E-state index contributed by atoms with van der Waals surface area (Å²) in [5.74, 6) is 0.424. The second-order valence-electron chi connectivity index (χ2n) is 6.48. The highest BCUT2D eigenvalue weighted by Crippen LogP contribution is 2.54. The Morgan fingerprint density at radius 1 is 1.38 bits per heavy atom. The van der Waals surface area contributed by atoms with Gasteiger partial charge in [-0.2, -0.15) is 0 Å². The molecule has 2 heterocycles. The summed E-state index contributed by atoms with van der Waals surface area (Å²) in [6, 6.07) is 0. The number of fused-ring (bicyclic) bond motifs is 3. The van der Waals surface area contributed by atoms with Crippen molar-refractivity contribution in [1.82, 2.24) is 0 Å². The largest absolute Gasteiger partial charge is 0.396 e. The minimum Gasteiger partial charge on any atom is -0.396 e. The summed E-state index contributed by atoms with van der Waals surface area (Å²) in [5, 5.41) is 8.99. The lowest BCUT2D eigenvalue weighted by Crippen LogP contribution is -2.69. The van der Waals surface area contributed by atoms with Crippen molar-refractivity contribution >= 4 is 0 Å². The van der Waals surface area contributed by atoms with Crippen LogP contribution >= 0.6 is 0 Å². The standard InChI is InChI=1S/C13H25NO2/c1-11(2)10-5-7-12(3,16-11)9-13(10,14)6-4-8-15/h10,15H,4-9,14H2,1-3H3. The quantitative estimate of drug-likeness (QED) is 0.773. The lowest BCUT2D eigenvalue weighted by molar-refractivity contribution is -0.257. The Morgan fingerprint density at radius 2 is 2.06 bits per heavy atom. The van der Waals surface area contributed by atoms with Crippen molar-refractivity contribution in [2.75, 3.05) is 6.61 Å². The molecule has 0 aromatic rings. The first kappa shape index (κ1) is 12.3. The molecule has 2 bridgehead atoms. The van der Waals surface area contributed by atoms with Gasteiger partial charge in [0.1, 0.15) is 0 Å². The number of rotatable bonds is 3. The maximum absolute atomic E-state index is 8.99. The first-order chi connectivity index (χ1) is 7.31. The molecule has 3 aliphatic rings. The van der Waals surface area contributed by atoms with E-state index < -0.39 is 0 Å². The van der Waals surface area contributed by atoms with E-state index >= 15 is 0 Å². The smallest absolute Gasteiger partial charge is 0.0679 e. The summed E-state index contributed by atoms with van der Waals surface area (Å²) in [4.78, 5) is 0. The zero-order chi connectivity index (χ0) is 12.0. The van der Waals surface area contributed by atoms with Gasteiger partial charge < -0.3 is 15.6 Å². The summed E-state index contributed by atoms with van der Waals surface area (Å²) in [6.45, 7) is 6.75. The van der Waals surface area contributed by atoms with Crippen molar-refractivity contribution in [3.05, 3.63) is 0 Å². The normalized spacial score (nSPS) is 45.9. The van der Waals surface area contributed by atoms with E-state index in [2.05, 4.69) is 20.8 Å². The second kappa shape index (κ2) is 3.69. The van der Waals surface area contributed by atoms with Gasteiger partial charge in [0.05, 0.1) is 11.2 Å². The van der Waals surface area contributed by atoms with E-state index in [0.29, 0.717) is 5.92 Å². The molecular formula is C13H25NO2. The van der Waals surface area contributed by atoms with E-state index in [4.69, 9.17) is 15.6 Å². The Morgan fingerprint density at radius 3 is 2.56 bits per heavy atom. The molecule has 3 fully saturated rings. The van der Waals surface area contributed by atoms with Crippen LogP contribution in [-0.4, -0.2) is 28.5 Å². The van der Waals surface area contributed by atoms with Gasteiger partial charge in [-0.15, -0.1) is 0 Å². The molecule has 2 aliphatic heterocycles. The van der Waals surface area contributed by atoms with Crippen LogP contribution in [0.3, 0.4) is 0 Å². The zero-order valence-electron chi connectivity index (χ0n) is 10.8. The predicted octanol–water partition coefficient (Wildman–Crippen LogP) is 1.82. The van der Waals surface area contributed by atoms with Gasteiger partial charge in [0, 0.05) is 18.1 Å². The fourth-order valence-electron chi connectivity index (χ4n) is 4.15. The van der Waals surface area contributed by atoms with Crippen molar-refractivity contribution in [2.45, 2.75) is 69.6 Å². The topological polar surface area (TPSA) is 55.5 Å². The van der Waals surface area contributed by atoms with Gasteiger partial charge in [0.25, 0.3) is 0 Å². The van der Waals surface area contributed by atoms with E-state index in [1.807, 2.05) is 0 Å². The summed E-state index contributed by atoms with van der Waals surface area (Å²) >= 11 is 0. The molecule has 0 amide bonds. The molecule has 3 N–H and O–H groups in total. The SMILES string of the molecule is CC12CCC(C(N)(CCCO)C1)C(C)(C)O2. The Balaban J connectivity index is 2.22. The van der Waals surface area contributed by atoms with Crippen LogP contribution in [0.25, 0.3) is 0 Å². The lowest BCUT2D eigenvalue weighted by atomic mass is 9.58. The van der Waals surface area contributed by atoms with Crippen molar-refractivity contribution in [3.8, 4) is 0 Å². The van der Waals surface area contributed by atoms with Crippen LogP contribution in [0.4, 0.5) is 0 Å². The molecular weight excluding hydrogens is 202 g/mol. The minimum absolute atomic E-state index is 0.0531. The van der Waals surface area contributed by atoms with Gasteiger partial charge in [-0.1, -0.05) is 0 Å². The number of hydrogen-bond acceptors (Lipinski definition) is 3. The van der Waals surface area contributed by atoms with Gasteiger partial charge in [0.15, 0.2) is 0 Å². The van der Waals surface area contributed by atoms with Crippen LogP contribution < -0.4 is 5.73 Å². The molecule has 3 unspecified atom stereocenters. The number of ether oxygens (including phenoxy) is 1. The van der Waals surface area contributed by atoms with Gasteiger partial charge in [0.2, 0.25) is 0 Å². The molecule has 3 atom stereocenters. The summed E-state index contributed by atoms with van der Waals surface area (Å²) in [5.41, 5.74) is 6.29. The van der Waals surface area contributed by atoms with Gasteiger partial charge in [-0.05, 0) is 52.9 Å². The van der Waals surface area contributed by atoms with Crippen LogP contribution in [0.1, 0.15) is 52.9 Å². The summed E-state index contributed by atoms with van der Waals surface area (Å²) < 4.78 is 6.19. The monoisotopic (exact) mass is 227 g/mol. The Bertz CT molecular complexity index is 276. The molecule has 1 aliphatic carbocycles. The fourth-order valence-corrected chi connectivity index (χ4v) is 4.15. The third-order valence-electron chi connectivity index (χ3n) is 4.51. The van der Waals surface area contributed by atoms with Gasteiger partial charge in [-0.25, -0.2) is 0 Å². The van der Waals surface area contributed by atoms with Crippen LogP contribution in [0, 0.1) is 5.92 Å². The number of aliphatic hydroxyl groups is 1. The average Bonchev–Trinajstić information content (AvgIpc) is 2.11. The maximum Gasteiger partial charge on any atom is 0.0679 e. The highest BCUT2D eigenvalue weighted by atomic mass is 16.5. The van der Waals surface area contributed by atoms with Crippen molar-refractivity contribution in [3.63, 3.8) is 0 Å². The highest BCUT2D eigenvalue weighted by molar-refractivity contribution is 5.12. The summed E-state index contributed by atoms with van der Waals surface area (Å²) in [7, 11) is 0. The zero-order valence-corrected chi connectivity index (χ0v) is 10.8.